The normalized spacial score (nSPS) is 10.9. The zero-order valence-electron chi connectivity index (χ0n) is 17.1. The third-order valence-electron chi connectivity index (χ3n) is 4.44. The summed E-state index contributed by atoms with van der Waals surface area (Å²) in [5.41, 5.74) is 4.94. The number of aromatic nitrogens is 3. The number of fused-ring (bicyclic) bond motifs is 1. The molecule has 0 unspecified atom stereocenters. The lowest BCUT2D eigenvalue weighted by Crippen LogP contribution is -2.32. The molecule has 0 aliphatic rings. The van der Waals surface area contributed by atoms with Gasteiger partial charge in [0.05, 0.1) is 12.1 Å². The zero-order valence-corrected chi connectivity index (χ0v) is 17.1. The van der Waals surface area contributed by atoms with Crippen LogP contribution < -0.4 is 16.0 Å². The molecule has 8 nitrogen and oxygen atoms in total. The highest BCUT2D eigenvalue weighted by Gasteiger charge is 2.11. The lowest BCUT2D eigenvalue weighted by Gasteiger charge is -2.11. The highest BCUT2D eigenvalue weighted by atomic mass is 16.2. The molecule has 0 saturated heterocycles. The van der Waals surface area contributed by atoms with Gasteiger partial charge in [-0.3, -0.25) is 4.79 Å². The molecular weight excluding hydrogens is 368 g/mol. The van der Waals surface area contributed by atoms with Gasteiger partial charge in [0, 0.05) is 23.8 Å². The molecule has 152 valence electrons. The maximum absolute atomic E-state index is 12.1. The van der Waals surface area contributed by atoms with E-state index in [2.05, 4.69) is 26.3 Å². The third-order valence-corrected chi connectivity index (χ3v) is 4.44. The molecule has 3 N–H and O–H groups in total. The first-order valence-corrected chi connectivity index (χ1v) is 9.59. The van der Waals surface area contributed by atoms with Crippen LogP contribution in [0.2, 0.25) is 0 Å². The van der Waals surface area contributed by atoms with Crippen molar-refractivity contribution < 1.29 is 9.59 Å². The van der Waals surface area contributed by atoms with E-state index in [-0.39, 0.29) is 18.0 Å². The number of carbonyl (C=O) groups excluding carboxylic acids is 2. The van der Waals surface area contributed by atoms with E-state index in [4.69, 9.17) is 0 Å². The van der Waals surface area contributed by atoms with Gasteiger partial charge in [-0.2, -0.15) is 0 Å². The van der Waals surface area contributed by atoms with Crippen molar-refractivity contribution in [2.75, 3.05) is 11.9 Å². The van der Waals surface area contributed by atoms with E-state index in [9.17, 15) is 9.59 Å². The second kappa shape index (κ2) is 8.72. The zero-order chi connectivity index (χ0) is 21.0. The molecule has 0 atom stereocenters. The van der Waals surface area contributed by atoms with Gasteiger partial charge in [0.15, 0.2) is 0 Å². The molecule has 1 aromatic heterocycles. The highest BCUT2D eigenvalue weighted by molar-refractivity contribution is 5.97. The number of nitrogens with one attached hydrogen (secondary N) is 3. The number of rotatable bonds is 6. The molecule has 0 bridgehead atoms. The van der Waals surface area contributed by atoms with Crippen LogP contribution in [-0.4, -0.2) is 39.5 Å². The van der Waals surface area contributed by atoms with Crippen LogP contribution in [0, 0.1) is 13.8 Å². The van der Waals surface area contributed by atoms with Gasteiger partial charge in [0.2, 0.25) is 0 Å². The summed E-state index contributed by atoms with van der Waals surface area (Å²) in [5.74, 6) is -0.138. The van der Waals surface area contributed by atoms with Gasteiger partial charge in [-0.15, -0.1) is 5.10 Å². The second-order valence-corrected chi connectivity index (χ2v) is 7.34. The van der Waals surface area contributed by atoms with Gasteiger partial charge < -0.3 is 16.0 Å². The van der Waals surface area contributed by atoms with Crippen LogP contribution in [0.25, 0.3) is 11.0 Å². The number of urea groups is 1. The first kappa shape index (κ1) is 20.3. The van der Waals surface area contributed by atoms with E-state index >= 15 is 0 Å². The smallest absolute Gasteiger partial charge is 0.319 e. The number of anilines is 1. The lowest BCUT2D eigenvalue weighted by atomic mass is 10.1. The fraction of sp³-hybridized carbons (Fsp3) is 0.333. The van der Waals surface area contributed by atoms with Crippen LogP contribution >= 0.6 is 0 Å². The molecule has 0 spiro atoms. The molecule has 0 saturated carbocycles. The maximum atomic E-state index is 12.1. The number of hydrogen-bond acceptors (Lipinski definition) is 4. The molecule has 3 amide bonds. The fourth-order valence-electron chi connectivity index (χ4n) is 3.02. The van der Waals surface area contributed by atoms with Crippen molar-refractivity contribution in [2.24, 2.45) is 0 Å². The Labute approximate surface area is 169 Å². The molecule has 0 fully saturated rings. The summed E-state index contributed by atoms with van der Waals surface area (Å²) in [6.07, 6.45) is 0. The van der Waals surface area contributed by atoms with Crippen LogP contribution in [0.5, 0.6) is 0 Å². The quantitative estimate of drug-likeness (QED) is 0.598. The standard InChI is InChI=1S/C21H26N6O2/c1-13(2)23-20(28)16-6-8-19-18(12-16)25-26-27(19)10-9-22-21(29)24-17-7-5-14(3)11-15(17)4/h5-8,11-13H,9-10H2,1-4H3,(H,23,28)(H2,22,24,29). The van der Waals surface area contributed by atoms with Gasteiger partial charge in [-0.25, -0.2) is 9.48 Å². The van der Waals surface area contributed by atoms with Gasteiger partial charge in [0.1, 0.15) is 5.52 Å². The summed E-state index contributed by atoms with van der Waals surface area (Å²) in [6.45, 7) is 8.66. The number of amides is 3. The van der Waals surface area contributed by atoms with Crippen molar-refractivity contribution in [1.29, 1.82) is 0 Å². The van der Waals surface area contributed by atoms with Crippen molar-refractivity contribution in [3.8, 4) is 0 Å². The van der Waals surface area contributed by atoms with Crippen molar-refractivity contribution in [3.63, 3.8) is 0 Å². The molecule has 2 aromatic carbocycles. The summed E-state index contributed by atoms with van der Waals surface area (Å²) in [6, 6.07) is 11.0. The van der Waals surface area contributed by atoms with Crippen molar-refractivity contribution in [1.82, 2.24) is 25.6 Å². The summed E-state index contributed by atoms with van der Waals surface area (Å²) in [7, 11) is 0. The number of aryl methyl sites for hydroxylation is 2. The Bertz CT molecular complexity index is 1040. The molecular formula is C21H26N6O2. The van der Waals surface area contributed by atoms with E-state index in [0.717, 1.165) is 22.3 Å². The second-order valence-electron chi connectivity index (χ2n) is 7.34. The van der Waals surface area contributed by atoms with Crippen LogP contribution in [0.1, 0.15) is 35.3 Å². The fourth-order valence-corrected chi connectivity index (χ4v) is 3.02. The summed E-state index contributed by atoms with van der Waals surface area (Å²) >= 11 is 0. The minimum atomic E-state index is -0.269. The van der Waals surface area contributed by atoms with E-state index in [1.54, 1.807) is 16.8 Å². The Balaban J connectivity index is 1.58. The van der Waals surface area contributed by atoms with E-state index < -0.39 is 0 Å². The monoisotopic (exact) mass is 394 g/mol. The SMILES string of the molecule is Cc1ccc(NC(=O)NCCn2nnc3cc(C(=O)NC(C)C)ccc32)c(C)c1. The summed E-state index contributed by atoms with van der Waals surface area (Å²) < 4.78 is 1.71. The maximum Gasteiger partial charge on any atom is 0.319 e. The predicted molar refractivity (Wildman–Crippen MR) is 113 cm³/mol. The van der Waals surface area contributed by atoms with E-state index in [1.165, 1.54) is 0 Å². The van der Waals surface area contributed by atoms with Crippen LogP contribution in [-0.2, 0) is 6.54 Å². The van der Waals surface area contributed by atoms with Crippen molar-refractivity contribution >= 4 is 28.7 Å². The first-order chi connectivity index (χ1) is 13.8. The molecule has 0 aliphatic heterocycles. The Morgan fingerprint density at radius 3 is 2.62 bits per heavy atom. The van der Waals surface area contributed by atoms with Crippen LogP contribution in [0.3, 0.4) is 0 Å². The molecule has 1 heterocycles. The highest BCUT2D eigenvalue weighted by Crippen LogP contribution is 2.16. The topological polar surface area (TPSA) is 101 Å². The molecule has 0 aliphatic carbocycles. The van der Waals surface area contributed by atoms with E-state index in [0.29, 0.717) is 24.2 Å². The number of hydrogen-bond donors (Lipinski definition) is 3. The molecule has 3 aromatic rings. The average molecular weight is 394 g/mol. The largest absolute Gasteiger partial charge is 0.350 e. The van der Waals surface area contributed by atoms with Gasteiger partial charge >= 0.3 is 6.03 Å². The minimum Gasteiger partial charge on any atom is -0.350 e. The third kappa shape index (κ3) is 5.10. The predicted octanol–water partition coefficient (Wildman–Crippen LogP) is 3.01. The average Bonchev–Trinajstić information content (AvgIpc) is 3.06. The summed E-state index contributed by atoms with van der Waals surface area (Å²) in [4.78, 5) is 24.3. The van der Waals surface area contributed by atoms with Crippen LogP contribution in [0.4, 0.5) is 10.5 Å². The first-order valence-electron chi connectivity index (χ1n) is 9.59. The molecule has 29 heavy (non-hydrogen) atoms. The summed E-state index contributed by atoms with van der Waals surface area (Å²) in [5, 5.41) is 16.8. The molecule has 8 heteroatoms. The van der Waals surface area contributed by atoms with E-state index in [1.807, 2.05) is 52.0 Å². The van der Waals surface area contributed by atoms with Gasteiger partial charge in [-0.1, -0.05) is 22.9 Å². The Hall–Kier alpha value is -3.42. The number of carbonyl (C=O) groups is 2. The Kier molecular flexibility index (Phi) is 6.11. The molecule has 3 rings (SSSR count). The van der Waals surface area contributed by atoms with Crippen molar-refractivity contribution in [2.45, 2.75) is 40.3 Å². The number of benzene rings is 2. The Morgan fingerprint density at radius 1 is 1.10 bits per heavy atom. The number of nitrogens with zero attached hydrogens (tertiary/aromatic N) is 3. The molecule has 0 radical (unpaired) electrons. The minimum absolute atomic E-state index is 0.0646. The van der Waals surface area contributed by atoms with Crippen molar-refractivity contribution in [3.05, 3.63) is 53.1 Å². The van der Waals surface area contributed by atoms with Crippen LogP contribution in [0.15, 0.2) is 36.4 Å². The van der Waals surface area contributed by atoms with Gasteiger partial charge in [-0.05, 0) is 57.5 Å². The van der Waals surface area contributed by atoms with Gasteiger partial charge in [0.25, 0.3) is 5.91 Å². The lowest BCUT2D eigenvalue weighted by molar-refractivity contribution is 0.0943. The Morgan fingerprint density at radius 2 is 1.90 bits per heavy atom.